The summed E-state index contributed by atoms with van der Waals surface area (Å²) in [4.78, 5) is 11.5. The Morgan fingerprint density at radius 3 is 2.69 bits per heavy atom. The molecule has 0 saturated carbocycles. The van der Waals surface area contributed by atoms with Gasteiger partial charge in [-0.2, -0.15) is 0 Å². The lowest BCUT2D eigenvalue weighted by Gasteiger charge is -2.08. The molecule has 0 aliphatic heterocycles. The Morgan fingerprint density at radius 2 is 2.19 bits per heavy atom. The van der Waals surface area contributed by atoms with Crippen LogP contribution in [0.25, 0.3) is 0 Å². The fourth-order valence-electron chi connectivity index (χ4n) is 1.37. The van der Waals surface area contributed by atoms with Gasteiger partial charge in [0.25, 0.3) is 0 Å². The van der Waals surface area contributed by atoms with Gasteiger partial charge in [-0.05, 0) is 24.5 Å². The molecule has 0 fully saturated rings. The Kier molecular flexibility index (Phi) is 4.55. The van der Waals surface area contributed by atoms with E-state index in [1.54, 1.807) is 0 Å². The number of carbonyl (C=O) groups excluding carboxylic acids is 1. The van der Waals surface area contributed by atoms with E-state index in [1.807, 2.05) is 30.0 Å². The van der Waals surface area contributed by atoms with Crippen molar-refractivity contribution in [1.29, 1.82) is 0 Å². The van der Waals surface area contributed by atoms with E-state index in [1.165, 1.54) is 0 Å². The molecule has 1 amide bonds. The molecular formula is C12H21N3O. The average Bonchev–Trinajstić information content (AvgIpc) is 2.63. The van der Waals surface area contributed by atoms with Crippen LogP contribution < -0.4 is 11.1 Å². The van der Waals surface area contributed by atoms with Gasteiger partial charge in [0.2, 0.25) is 5.91 Å². The number of amides is 1. The fraction of sp³-hybridized carbons (Fsp3) is 0.583. The van der Waals surface area contributed by atoms with E-state index in [9.17, 15) is 4.79 Å². The molecule has 0 aliphatic rings. The van der Waals surface area contributed by atoms with Crippen molar-refractivity contribution in [2.45, 2.75) is 33.4 Å². The van der Waals surface area contributed by atoms with Crippen molar-refractivity contribution in [3.63, 3.8) is 0 Å². The molecule has 0 radical (unpaired) electrons. The molecule has 4 heteroatoms. The first-order chi connectivity index (χ1) is 7.49. The molecule has 1 aromatic rings. The lowest BCUT2D eigenvalue weighted by molar-refractivity contribution is -0.121. The minimum absolute atomic E-state index is 0.0139. The van der Waals surface area contributed by atoms with Crippen LogP contribution in [0.15, 0.2) is 18.5 Å². The van der Waals surface area contributed by atoms with Gasteiger partial charge < -0.3 is 15.6 Å². The van der Waals surface area contributed by atoms with E-state index in [4.69, 9.17) is 5.73 Å². The van der Waals surface area contributed by atoms with Crippen molar-refractivity contribution >= 4 is 5.91 Å². The minimum atomic E-state index is 0.0139. The number of aromatic nitrogens is 1. The third kappa shape index (κ3) is 4.06. The van der Waals surface area contributed by atoms with Crippen LogP contribution in [0.4, 0.5) is 0 Å². The lowest BCUT2D eigenvalue weighted by atomic mass is 10.2. The van der Waals surface area contributed by atoms with E-state index in [2.05, 4.69) is 19.2 Å². The molecule has 4 nitrogen and oxygen atoms in total. The smallest absolute Gasteiger partial charge is 0.239 e. The van der Waals surface area contributed by atoms with Crippen molar-refractivity contribution in [2.24, 2.45) is 11.7 Å². The van der Waals surface area contributed by atoms with Crippen LogP contribution in [0, 0.1) is 5.92 Å². The maximum atomic E-state index is 11.5. The molecule has 1 unspecified atom stereocenters. The van der Waals surface area contributed by atoms with Crippen molar-refractivity contribution in [2.75, 3.05) is 6.54 Å². The first kappa shape index (κ1) is 12.8. The first-order valence-corrected chi connectivity index (χ1v) is 5.67. The zero-order valence-corrected chi connectivity index (χ0v) is 10.2. The summed E-state index contributed by atoms with van der Waals surface area (Å²) in [6.07, 6.45) is 3.80. The number of nitrogens with zero attached hydrogens (tertiary/aromatic N) is 1. The van der Waals surface area contributed by atoms with Gasteiger partial charge in [0, 0.05) is 25.0 Å². The van der Waals surface area contributed by atoms with Crippen LogP contribution in [0.1, 0.15) is 32.4 Å². The van der Waals surface area contributed by atoms with E-state index in [0.29, 0.717) is 12.5 Å². The molecule has 3 N–H and O–H groups in total. The molecule has 0 bridgehead atoms. The second-order valence-corrected chi connectivity index (χ2v) is 4.60. The average molecular weight is 223 g/mol. The quantitative estimate of drug-likeness (QED) is 0.790. The van der Waals surface area contributed by atoms with Gasteiger partial charge in [-0.25, -0.2) is 0 Å². The van der Waals surface area contributed by atoms with Crippen molar-refractivity contribution in [1.82, 2.24) is 9.88 Å². The summed E-state index contributed by atoms with van der Waals surface area (Å²) in [7, 11) is 0. The maximum Gasteiger partial charge on any atom is 0.239 e. The Morgan fingerprint density at radius 1 is 1.50 bits per heavy atom. The molecule has 0 spiro atoms. The van der Waals surface area contributed by atoms with Crippen LogP contribution in [0.3, 0.4) is 0 Å². The summed E-state index contributed by atoms with van der Waals surface area (Å²) in [6.45, 7) is 7.16. The summed E-state index contributed by atoms with van der Waals surface area (Å²) in [5.41, 5.74) is 6.79. The number of carbonyl (C=O) groups is 1. The summed E-state index contributed by atoms with van der Waals surface area (Å²) < 4.78 is 1.86. The Hall–Kier alpha value is -1.29. The first-order valence-electron chi connectivity index (χ1n) is 5.67. The van der Waals surface area contributed by atoms with Gasteiger partial charge in [0.1, 0.15) is 6.54 Å². The lowest BCUT2D eigenvalue weighted by Crippen LogP contribution is -2.30. The standard InChI is InChI=1S/C12H21N3O/c1-9(2)6-14-12(16)8-15-5-4-11(7-15)10(3)13/h4-5,7,9-10H,6,8,13H2,1-3H3,(H,14,16). The predicted molar refractivity (Wildman–Crippen MR) is 64.9 cm³/mol. The Balaban J connectivity index is 2.43. The van der Waals surface area contributed by atoms with Gasteiger partial charge in [-0.3, -0.25) is 4.79 Å². The molecule has 0 aliphatic carbocycles. The molecule has 0 saturated heterocycles. The van der Waals surface area contributed by atoms with Crippen molar-refractivity contribution in [3.05, 3.63) is 24.0 Å². The van der Waals surface area contributed by atoms with Crippen molar-refractivity contribution < 1.29 is 4.79 Å². The van der Waals surface area contributed by atoms with Crippen molar-refractivity contribution in [3.8, 4) is 0 Å². The maximum absolute atomic E-state index is 11.5. The molecule has 0 aromatic carbocycles. The van der Waals surface area contributed by atoms with Crippen LogP contribution in [0.2, 0.25) is 0 Å². The Bertz CT molecular complexity index is 342. The number of rotatable bonds is 5. The second-order valence-electron chi connectivity index (χ2n) is 4.60. The monoisotopic (exact) mass is 223 g/mol. The highest BCUT2D eigenvalue weighted by Crippen LogP contribution is 2.09. The zero-order valence-electron chi connectivity index (χ0n) is 10.2. The third-order valence-electron chi connectivity index (χ3n) is 2.33. The minimum Gasteiger partial charge on any atom is -0.354 e. The third-order valence-corrected chi connectivity index (χ3v) is 2.33. The molecule has 1 atom stereocenters. The van der Waals surface area contributed by atoms with Crippen LogP contribution >= 0.6 is 0 Å². The molecular weight excluding hydrogens is 202 g/mol. The molecule has 1 aromatic heterocycles. The number of hydrogen-bond acceptors (Lipinski definition) is 2. The number of nitrogens with two attached hydrogens (primary N) is 1. The highest BCUT2D eigenvalue weighted by atomic mass is 16.1. The largest absolute Gasteiger partial charge is 0.354 e. The Labute approximate surface area is 96.8 Å². The number of hydrogen-bond donors (Lipinski definition) is 2. The normalized spacial score (nSPS) is 12.8. The van der Waals surface area contributed by atoms with Gasteiger partial charge >= 0.3 is 0 Å². The van der Waals surface area contributed by atoms with Crippen LogP contribution in [-0.2, 0) is 11.3 Å². The van der Waals surface area contributed by atoms with Gasteiger partial charge in [-0.1, -0.05) is 13.8 Å². The second kappa shape index (κ2) is 5.70. The van der Waals surface area contributed by atoms with Crippen LogP contribution in [-0.4, -0.2) is 17.0 Å². The van der Waals surface area contributed by atoms with Gasteiger partial charge in [0.05, 0.1) is 0 Å². The summed E-state index contributed by atoms with van der Waals surface area (Å²) >= 11 is 0. The van der Waals surface area contributed by atoms with E-state index in [0.717, 1.165) is 12.1 Å². The summed E-state index contributed by atoms with van der Waals surface area (Å²) in [6, 6.07) is 1.96. The van der Waals surface area contributed by atoms with Gasteiger partial charge in [0.15, 0.2) is 0 Å². The number of nitrogens with one attached hydrogen (secondary N) is 1. The molecule has 90 valence electrons. The summed E-state index contributed by atoms with van der Waals surface area (Å²) in [5, 5.41) is 2.88. The highest BCUT2D eigenvalue weighted by molar-refractivity contribution is 5.75. The molecule has 1 heterocycles. The molecule has 16 heavy (non-hydrogen) atoms. The van der Waals surface area contributed by atoms with Crippen LogP contribution in [0.5, 0.6) is 0 Å². The van der Waals surface area contributed by atoms with E-state index < -0.39 is 0 Å². The summed E-state index contributed by atoms with van der Waals surface area (Å²) in [5.74, 6) is 0.522. The van der Waals surface area contributed by atoms with E-state index in [-0.39, 0.29) is 11.9 Å². The zero-order chi connectivity index (χ0) is 12.1. The predicted octanol–water partition coefficient (Wildman–Crippen LogP) is 1.28. The van der Waals surface area contributed by atoms with E-state index >= 15 is 0 Å². The molecule has 1 rings (SSSR count). The SMILES string of the molecule is CC(C)CNC(=O)Cn1ccc(C(C)N)c1. The highest BCUT2D eigenvalue weighted by Gasteiger charge is 2.05. The fourth-order valence-corrected chi connectivity index (χ4v) is 1.37. The topological polar surface area (TPSA) is 60.0 Å². The van der Waals surface area contributed by atoms with Gasteiger partial charge in [-0.15, -0.1) is 0 Å².